The zero-order valence-electron chi connectivity index (χ0n) is 31.0. The molecule has 0 amide bonds. The molecule has 4 fully saturated rings. The van der Waals surface area contributed by atoms with Gasteiger partial charge in [0.25, 0.3) is 0 Å². The Morgan fingerprint density at radius 3 is 2.64 bits per heavy atom. The Bertz CT molecular complexity index is 2040. The number of pyridine rings is 1. The average molecular weight is 733 g/mol. The van der Waals surface area contributed by atoms with Crippen molar-refractivity contribution in [3.63, 3.8) is 0 Å². The van der Waals surface area contributed by atoms with Gasteiger partial charge in [0.2, 0.25) is 5.88 Å². The second-order valence-electron chi connectivity index (χ2n) is 16.7. The molecule has 4 heterocycles. The first-order chi connectivity index (χ1) is 25.3. The van der Waals surface area contributed by atoms with Crippen LogP contribution >= 0.6 is 0 Å². The Kier molecular flexibility index (Phi) is 9.15. The molecule has 2 aromatic heterocycles. The Balaban J connectivity index is 1.22. The SMILES string of the molecule is COc1nc(-c2cc(O)cc3cccc(F)c23)c(F)c2nc(OCC34CCC[C@H]3N(C3CC(C(C)(C)N)C3)CCC4)nc(N3CCOC[C@@](C)(O)C3)c12. The fourth-order valence-electron chi connectivity index (χ4n) is 9.51. The van der Waals surface area contributed by atoms with Crippen LogP contribution in [0.25, 0.3) is 32.9 Å². The number of likely N-dealkylation sites (tertiary alicyclic amines) is 1. The third-order valence-electron chi connectivity index (χ3n) is 12.3. The first-order valence-electron chi connectivity index (χ1n) is 18.9. The lowest BCUT2D eigenvalue weighted by molar-refractivity contribution is -0.0616. The number of ether oxygens (including phenoxy) is 3. The van der Waals surface area contributed by atoms with Gasteiger partial charge in [0.15, 0.2) is 5.82 Å². The highest BCUT2D eigenvalue weighted by molar-refractivity contribution is 6.02. The van der Waals surface area contributed by atoms with Crippen LogP contribution in [0.1, 0.15) is 65.7 Å². The van der Waals surface area contributed by atoms with Crippen molar-refractivity contribution < 1.29 is 33.2 Å². The van der Waals surface area contributed by atoms with Crippen LogP contribution in [-0.2, 0) is 4.74 Å². The Labute approximate surface area is 308 Å². The van der Waals surface area contributed by atoms with Gasteiger partial charge in [-0.05, 0) is 95.3 Å². The van der Waals surface area contributed by atoms with E-state index >= 15 is 8.78 Å². The van der Waals surface area contributed by atoms with Crippen LogP contribution in [0.2, 0.25) is 0 Å². The van der Waals surface area contributed by atoms with Gasteiger partial charge in [0.1, 0.15) is 39.6 Å². The first-order valence-corrected chi connectivity index (χ1v) is 18.9. The van der Waals surface area contributed by atoms with E-state index in [-0.39, 0.29) is 75.1 Å². The minimum atomic E-state index is -1.23. The number of hydrogen-bond acceptors (Lipinski definition) is 11. The van der Waals surface area contributed by atoms with Crippen LogP contribution in [0.15, 0.2) is 30.3 Å². The van der Waals surface area contributed by atoms with E-state index in [0.29, 0.717) is 43.1 Å². The molecule has 11 nitrogen and oxygen atoms in total. The summed E-state index contributed by atoms with van der Waals surface area (Å²) in [5, 5.41) is 22.4. The molecule has 4 N–H and O–H groups in total. The monoisotopic (exact) mass is 732 g/mol. The predicted molar refractivity (Wildman–Crippen MR) is 198 cm³/mol. The summed E-state index contributed by atoms with van der Waals surface area (Å²) < 4.78 is 50.6. The summed E-state index contributed by atoms with van der Waals surface area (Å²) in [7, 11) is 1.41. The highest BCUT2D eigenvalue weighted by Crippen LogP contribution is 2.52. The first kappa shape index (κ1) is 36.1. The van der Waals surface area contributed by atoms with Gasteiger partial charge in [0, 0.05) is 40.5 Å². The summed E-state index contributed by atoms with van der Waals surface area (Å²) in [4.78, 5) is 18.7. The number of aromatic nitrogens is 3. The summed E-state index contributed by atoms with van der Waals surface area (Å²) in [5.41, 5.74) is 4.65. The number of nitrogens with two attached hydrogens (primary N) is 1. The van der Waals surface area contributed by atoms with Crippen LogP contribution in [-0.4, -0.2) is 99.9 Å². The van der Waals surface area contributed by atoms with Crippen molar-refractivity contribution in [3.05, 3.63) is 42.0 Å². The van der Waals surface area contributed by atoms with Crippen LogP contribution in [0.3, 0.4) is 0 Å². The number of benzene rings is 2. The van der Waals surface area contributed by atoms with E-state index in [1.165, 1.54) is 31.4 Å². The molecule has 284 valence electrons. The number of phenolic OH excluding ortho intramolecular Hbond substituents is 1. The van der Waals surface area contributed by atoms with Crippen molar-refractivity contribution >= 4 is 27.5 Å². The van der Waals surface area contributed by atoms with E-state index in [0.717, 1.165) is 51.5 Å². The molecule has 2 saturated heterocycles. The number of aliphatic hydroxyl groups is 1. The van der Waals surface area contributed by atoms with Crippen molar-refractivity contribution in [1.29, 1.82) is 0 Å². The highest BCUT2D eigenvalue weighted by Gasteiger charge is 2.52. The number of halogens is 2. The fourth-order valence-corrected chi connectivity index (χ4v) is 9.51. The number of rotatable bonds is 8. The lowest BCUT2D eigenvalue weighted by Gasteiger charge is -2.55. The largest absolute Gasteiger partial charge is 0.508 e. The van der Waals surface area contributed by atoms with Crippen LogP contribution < -0.4 is 20.1 Å². The summed E-state index contributed by atoms with van der Waals surface area (Å²) in [6.45, 7) is 8.25. The number of hydrogen-bond donors (Lipinski definition) is 3. The molecular weight excluding hydrogens is 682 g/mol. The smallest absolute Gasteiger partial charge is 0.319 e. The fraction of sp³-hybridized carbons (Fsp3) is 0.575. The molecule has 0 radical (unpaired) electrons. The lowest BCUT2D eigenvalue weighted by Crippen LogP contribution is -2.61. The third-order valence-corrected chi connectivity index (χ3v) is 12.3. The average Bonchev–Trinajstić information content (AvgIpc) is 3.43. The minimum Gasteiger partial charge on any atom is -0.508 e. The van der Waals surface area contributed by atoms with Crippen LogP contribution in [0, 0.1) is 23.0 Å². The minimum absolute atomic E-state index is 0.00639. The maximum Gasteiger partial charge on any atom is 0.319 e. The molecule has 2 aliphatic heterocycles. The van der Waals surface area contributed by atoms with Crippen molar-refractivity contribution in [2.45, 2.75) is 88.9 Å². The topological polar surface area (TPSA) is 139 Å². The van der Waals surface area contributed by atoms with Gasteiger partial charge in [-0.1, -0.05) is 18.6 Å². The number of anilines is 1. The maximum absolute atomic E-state index is 17.2. The number of phenols is 1. The molecule has 1 unspecified atom stereocenters. The van der Waals surface area contributed by atoms with Gasteiger partial charge in [-0.25, -0.2) is 13.8 Å². The number of nitrogens with zero attached hydrogens (tertiary/aromatic N) is 5. The Hall–Kier alpha value is -3.91. The molecule has 2 saturated carbocycles. The summed E-state index contributed by atoms with van der Waals surface area (Å²) in [6, 6.07) is 8.02. The molecule has 0 spiro atoms. The molecule has 0 bridgehead atoms. The van der Waals surface area contributed by atoms with E-state index in [1.807, 2.05) is 4.90 Å². The molecule has 4 aliphatic rings. The number of aromatic hydroxyl groups is 1. The molecule has 2 aromatic carbocycles. The van der Waals surface area contributed by atoms with E-state index < -0.39 is 17.2 Å². The number of fused-ring (bicyclic) bond motifs is 3. The highest BCUT2D eigenvalue weighted by atomic mass is 19.1. The molecule has 53 heavy (non-hydrogen) atoms. The van der Waals surface area contributed by atoms with Gasteiger partial charge in [-0.15, -0.1) is 0 Å². The van der Waals surface area contributed by atoms with Gasteiger partial charge >= 0.3 is 6.01 Å². The van der Waals surface area contributed by atoms with Crippen LogP contribution in [0.4, 0.5) is 14.6 Å². The Morgan fingerprint density at radius 1 is 1.08 bits per heavy atom. The lowest BCUT2D eigenvalue weighted by atomic mass is 9.67. The molecular formula is C40H50F2N6O5. The van der Waals surface area contributed by atoms with Crippen molar-refractivity contribution in [2.75, 3.05) is 51.5 Å². The number of β-amino-alcohol motifs (C(OH)–C–C–N with tert-alkyl or cyclic N) is 1. The van der Waals surface area contributed by atoms with Gasteiger partial charge in [0.05, 0.1) is 33.5 Å². The standard InChI is InChI=1S/C40H50F2N6O5/c1-38(2,43)24-17-25(18-24)48-13-7-12-40(11-6-10-29(40)48)22-53-37-45-34-31(35(46-37)47-14-15-52-21-39(3,50)20-47)36(51-4)44-33(32(34)42)27-19-26(49)16-23-8-5-9-28(41)30(23)27/h5,8-9,16,19,24-25,29,49-50H,6-7,10-15,17-18,20-22,43H2,1-4H3/t24?,25?,29-,39+,40?/m1/s1. The van der Waals surface area contributed by atoms with Crippen LogP contribution in [0.5, 0.6) is 17.6 Å². The normalized spacial score (nSPS) is 28.2. The van der Waals surface area contributed by atoms with E-state index in [9.17, 15) is 10.2 Å². The zero-order valence-corrected chi connectivity index (χ0v) is 31.0. The third kappa shape index (κ3) is 6.53. The van der Waals surface area contributed by atoms with Gasteiger partial charge < -0.3 is 35.1 Å². The number of piperidine rings is 1. The quantitative estimate of drug-likeness (QED) is 0.198. The molecule has 4 aromatic rings. The van der Waals surface area contributed by atoms with E-state index in [2.05, 4.69) is 23.7 Å². The Morgan fingerprint density at radius 2 is 1.87 bits per heavy atom. The molecule has 3 atom stereocenters. The van der Waals surface area contributed by atoms with Crippen molar-refractivity contribution in [1.82, 2.24) is 19.9 Å². The van der Waals surface area contributed by atoms with Crippen molar-refractivity contribution in [2.24, 2.45) is 17.1 Å². The second-order valence-corrected chi connectivity index (χ2v) is 16.7. The molecule has 2 aliphatic carbocycles. The second kappa shape index (κ2) is 13.4. The van der Waals surface area contributed by atoms with E-state index in [4.69, 9.17) is 29.9 Å². The number of methoxy groups -OCH3 is 1. The summed E-state index contributed by atoms with van der Waals surface area (Å²) in [6.07, 6.45) is 7.51. The molecule has 13 heteroatoms. The summed E-state index contributed by atoms with van der Waals surface area (Å²) in [5.74, 6) is -0.802. The predicted octanol–water partition coefficient (Wildman–Crippen LogP) is 5.95. The zero-order chi connectivity index (χ0) is 37.3. The van der Waals surface area contributed by atoms with E-state index in [1.54, 1.807) is 13.0 Å². The summed E-state index contributed by atoms with van der Waals surface area (Å²) >= 11 is 0. The van der Waals surface area contributed by atoms with Crippen molar-refractivity contribution in [3.8, 4) is 28.9 Å². The maximum atomic E-state index is 17.2. The van der Waals surface area contributed by atoms with Gasteiger partial charge in [-0.2, -0.15) is 9.97 Å². The van der Waals surface area contributed by atoms with Gasteiger partial charge in [-0.3, -0.25) is 4.90 Å². The molecule has 8 rings (SSSR count).